The van der Waals surface area contributed by atoms with Gasteiger partial charge in [-0.3, -0.25) is 20.4 Å². The number of carbonyl (C=O) groups is 2. The van der Waals surface area contributed by atoms with Gasteiger partial charge in [-0.15, -0.1) is 0 Å². The van der Waals surface area contributed by atoms with E-state index in [1.54, 1.807) is 0 Å². The van der Waals surface area contributed by atoms with Crippen LogP contribution in [0.3, 0.4) is 0 Å². The first-order chi connectivity index (χ1) is 11.2. The van der Waals surface area contributed by atoms with Gasteiger partial charge in [0.1, 0.15) is 5.15 Å². The van der Waals surface area contributed by atoms with Crippen LogP contribution >= 0.6 is 23.2 Å². The minimum Gasteiger partial charge on any atom is -0.267 e. The third-order valence-electron chi connectivity index (χ3n) is 2.80. The van der Waals surface area contributed by atoms with Crippen molar-refractivity contribution in [3.8, 4) is 0 Å². The minimum absolute atomic E-state index is 0.119. The molecule has 0 bridgehead atoms. The van der Waals surface area contributed by atoms with Gasteiger partial charge in [0.05, 0.1) is 11.1 Å². The molecule has 0 aliphatic rings. The van der Waals surface area contributed by atoms with Crippen LogP contribution < -0.4 is 10.9 Å². The molecule has 24 heavy (non-hydrogen) atoms. The summed E-state index contributed by atoms with van der Waals surface area (Å²) in [6.07, 6.45) is -4.14. The van der Waals surface area contributed by atoms with Gasteiger partial charge >= 0.3 is 6.18 Å². The fourth-order valence-corrected chi connectivity index (χ4v) is 2.08. The predicted molar refractivity (Wildman–Crippen MR) is 80.6 cm³/mol. The molecule has 2 N–H and O–H groups in total. The fourth-order valence-electron chi connectivity index (χ4n) is 1.73. The number of carbonyl (C=O) groups excluding carboxylic acids is 2. The van der Waals surface area contributed by atoms with Crippen molar-refractivity contribution in [2.45, 2.75) is 6.18 Å². The van der Waals surface area contributed by atoms with Crippen LogP contribution in [0.2, 0.25) is 10.2 Å². The SMILES string of the molecule is O=C(NNC(=O)c1cnc(Cl)cc1C(F)(F)F)c1cccc(Cl)c1. The summed E-state index contributed by atoms with van der Waals surface area (Å²) in [7, 11) is 0. The van der Waals surface area contributed by atoms with Crippen LogP contribution in [0.15, 0.2) is 36.5 Å². The quantitative estimate of drug-likeness (QED) is 0.621. The van der Waals surface area contributed by atoms with Gasteiger partial charge in [-0.2, -0.15) is 13.2 Å². The van der Waals surface area contributed by atoms with Crippen LogP contribution in [0.1, 0.15) is 26.3 Å². The second kappa shape index (κ2) is 7.06. The normalized spacial score (nSPS) is 11.0. The van der Waals surface area contributed by atoms with Gasteiger partial charge in [-0.1, -0.05) is 29.3 Å². The molecule has 0 fully saturated rings. The molecule has 0 unspecified atom stereocenters. The zero-order chi connectivity index (χ0) is 17.9. The topological polar surface area (TPSA) is 71.1 Å². The Hall–Kier alpha value is -2.32. The van der Waals surface area contributed by atoms with E-state index in [-0.39, 0.29) is 10.6 Å². The first-order valence-corrected chi connectivity index (χ1v) is 7.03. The van der Waals surface area contributed by atoms with Crippen molar-refractivity contribution in [1.82, 2.24) is 15.8 Å². The van der Waals surface area contributed by atoms with Crippen LogP contribution in [0.25, 0.3) is 0 Å². The Morgan fingerprint density at radius 1 is 1.04 bits per heavy atom. The smallest absolute Gasteiger partial charge is 0.267 e. The number of aromatic nitrogens is 1. The Bertz CT molecular complexity index is 797. The number of hydrazine groups is 1. The van der Waals surface area contributed by atoms with E-state index in [0.717, 1.165) is 0 Å². The molecule has 126 valence electrons. The number of pyridine rings is 1. The number of halogens is 5. The maximum Gasteiger partial charge on any atom is 0.417 e. The van der Waals surface area contributed by atoms with E-state index in [2.05, 4.69) is 4.98 Å². The van der Waals surface area contributed by atoms with Gasteiger partial charge in [0, 0.05) is 16.8 Å². The Kier molecular flexibility index (Phi) is 5.30. The van der Waals surface area contributed by atoms with Crippen molar-refractivity contribution in [2.24, 2.45) is 0 Å². The summed E-state index contributed by atoms with van der Waals surface area (Å²) in [5.74, 6) is -1.94. The van der Waals surface area contributed by atoms with Crippen molar-refractivity contribution in [3.63, 3.8) is 0 Å². The van der Waals surface area contributed by atoms with Crippen molar-refractivity contribution >= 4 is 35.0 Å². The van der Waals surface area contributed by atoms with Crippen LogP contribution in [0.5, 0.6) is 0 Å². The molecule has 0 spiro atoms. The third kappa shape index (κ3) is 4.36. The van der Waals surface area contributed by atoms with Crippen LogP contribution in [-0.4, -0.2) is 16.8 Å². The number of rotatable bonds is 2. The van der Waals surface area contributed by atoms with Gasteiger partial charge in [0.25, 0.3) is 11.8 Å². The Morgan fingerprint density at radius 2 is 1.71 bits per heavy atom. The lowest BCUT2D eigenvalue weighted by atomic mass is 10.1. The molecule has 1 heterocycles. The minimum atomic E-state index is -4.81. The molecule has 2 rings (SSSR count). The van der Waals surface area contributed by atoms with Crippen LogP contribution in [-0.2, 0) is 6.18 Å². The predicted octanol–water partition coefficient (Wildman–Crippen LogP) is 3.48. The van der Waals surface area contributed by atoms with E-state index >= 15 is 0 Å². The summed E-state index contributed by atoms with van der Waals surface area (Å²) in [5.41, 5.74) is 1.95. The molecule has 0 atom stereocenters. The average Bonchev–Trinajstić information content (AvgIpc) is 2.51. The molecule has 0 radical (unpaired) electrons. The molecule has 1 aromatic heterocycles. The molecule has 0 aliphatic heterocycles. The summed E-state index contributed by atoms with van der Waals surface area (Å²) in [6.45, 7) is 0. The number of hydrogen-bond donors (Lipinski definition) is 2. The molecule has 0 aliphatic carbocycles. The molecule has 0 saturated heterocycles. The molecular weight excluding hydrogens is 370 g/mol. The number of nitrogens with one attached hydrogen (secondary N) is 2. The van der Waals surface area contributed by atoms with E-state index < -0.39 is 34.3 Å². The number of benzene rings is 1. The fraction of sp³-hybridized carbons (Fsp3) is 0.0714. The second-order valence-corrected chi connectivity index (χ2v) is 5.29. The van der Waals surface area contributed by atoms with Crippen molar-refractivity contribution < 1.29 is 22.8 Å². The number of hydrogen-bond acceptors (Lipinski definition) is 3. The summed E-state index contributed by atoms with van der Waals surface area (Å²) in [6, 6.07) is 6.30. The lowest BCUT2D eigenvalue weighted by Crippen LogP contribution is -2.42. The Labute approximate surface area is 143 Å². The highest BCUT2D eigenvalue weighted by Gasteiger charge is 2.36. The van der Waals surface area contributed by atoms with E-state index in [1.165, 1.54) is 24.3 Å². The summed E-state index contributed by atoms with van der Waals surface area (Å²) in [4.78, 5) is 27.2. The number of amides is 2. The van der Waals surface area contributed by atoms with Gasteiger partial charge in [-0.25, -0.2) is 4.98 Å². The highest BCUT2D eigenvalue weighted by atomic mass is 35.5. The summed E-state index contributed by atoms with van der Waals surface area (Å²) < 4.78 is 38.8. The first-order valence-electron chi connectivity index (χ1n) is 6.27. The summed E-state index contributed by atoms with van der Waals surface area (Å²) in [5, 5.41) is -0.128. The van der Waals surface area contributed by atoms with Crippen LogP contribution in [0.4, 0.5) is 13.2 Å². The highest BCUT2D eigenvalue weighted by molar-refractivity contribution is 6.31. The number of nitrogens with zero attached hydrogens (tertiary/aromatic N) is 1. The van der Waals surface area contributed by atoms with E-state index in [9.17, 15) is 22.8 Å². The van der Waals surface area contributed by atoms with E-state index in [1.807, 2.05) is 10.9 Å². The highest BCUT2D eigenvalue weighted by Crippen LogP contribution is 2.32. The zero-order valence-corrected chi connectivity index (χ0v) is 13.1. The van der Waals surface area contributed by atoms with Gasteiger partial charge < -0.3 is 0 Å². The van der Waals surface area contributed by atoms with Crippen molar-refractivity contribution in [3.05, 3.63) is 63.4 Å². The molecule has 0 saturated carbocycles. The maximum atomic E-state index is 12.9. The molecule has 1 aromatic carbocycles. The molecule has 5 nitrogen and oxygen atoms in total. The molecule has 2 amide bonds. The lowest BCUT2D eigenvalue weighted by molar-refractivity contribution is -0.138. The van der Waals surface area contributed by atoms with E-state index in [0.29, 0.717) is 12.3 Å². The van der Waals surface area contributed by atoms with Gasteiger partial charge in [0.2, 0.25) is 0 Å². The third-order valence-corrected chi connectivity index (χ3v) is 3.24. The van der Waals surface area contributed by atoms with E-state index in [4.69, 9.17) is 23.2 Å². The second-order valence-electron chi connectivity index (χ2n) is 4.47. The van der Waals surface area contributed by atoms with Gasteiger partial charge in [-0.05, 0) is 24.3 Å². The molecule has 2 aromatic rings. The van der Waals surface area contributed by atoms with Crippen LogP contribution in [0, 0.1) is 0 Å². The zero-order valence-electron chi connectivity index (χ0n) is 11.6. The average molecular weight is 378 g/mol. The first kappa shape index (κ1) is 18.0. The molecular formula is C14H8Cl2F3N3O2. The number of alkyl halides is 3. The Balaban J connectivity index is 2.15. The monoisotopic (exact) mass is 377 g/mol. The maximum absolute atomic E-state index is 12.9. The van der Waals surface area contributed by atoms with Crippen molar-refractivity contribution in [1.29, 1.82) is 0 Å². The Morgan fingerprint density at radius 3 is 2.33 bits per heavy atom. The largest absolute Gasteiger partial charge is 0.417 e. The summed E-state index contributed by atoms with van der Waals surface area (Å²) >= 11 is 11.1. The van der Waals surface area contributed by atoms with Gasteiger partial charge in [0.15, 0.2) is 0 Å². The lowest BCUT2D eigenvalue weighted by Gasteiger charge is -2.13. The van der Waals surface area contributed by atoms with Crippen molar-refractivity contribution in [2.75, 3.05) is 0 Å². The standard InChI is InChI=1S/C14H8Cl2F3N3O2/c15-8-3-1-2-7(4-8)12(23)21-22-13(24)9-6-20-11(16)5-10(9)14(17,18)19/h1-6H,(H,21,23)(H,22,24). The molecule has 10 heteroatoms.